The molecule has 0 bridgehead atoms. The highest BCUT2D eigenvalue weighted by molar-refractivity contribution is 5.89. The number of methoxy groups -OCH3 is 2. The van der Waals surface area contributed by atoms with E-state index in [0.717, 1.165) is 48.6 Å². The number of unbranched alkanes of at least 4 members (excludes halogenated alkanes) is 1. The average molecular weight is 357 g/mol. The molecule has 6 heteroatoms. The van der Waals surface area contributed by atoms with Crippen molar-refractivity contribution in [3.05, 3.63) is 42.1 Å². The smallest absolute Gasteiger partial charge is 0.225 e. The first-order valence-electron chi connectivity index (χ1n) is 8.87. The van der Waals surface area contributed by atoms with Crippen LogP contribution in [0.15, 0.2) is 36.5 Å². The minimum Gasteiger partial charge on any atom is -0.493 e. The van der Waals surface area contributed by atoms with Crippen LogP contribution in [0.4, 0.5) is 11.5 Å². The first-order valence-corrected chi connectivity index (χ1v) is 8.87. The largest absolute Gasteiger partial charge is 0.493 e. The summed E-state index contributed by atoms with van der Waals surface area (Å²) in [7, 11) is 3.26. The average Bonchev–Trinajstić information content (AvgIpc) is 2.67. The fourth-order valence-corrected chi connectivity index (χ4v) is 2.50. The number of rotatable bonds is 10. The van der Waals surface area contributed by atoms with Gasteiger partial charge in [0.05, 0.1) is 26.1 Å². The van der Waals surface area contributed by atoms with Crippen LogP contribution >= 0.6 is 0 Å². The number of carbonyl (C=O) groups is 1. The molecule has 6 nitrogen and oxygen atoms in total. The summed E-state index contributed by atoms with van der Waals surface area (Å²) in [5.41, 5.74) is 2.07. The molecule has 0 radical (unpaired) electrons. The van der Waals surface area contributed by atoms with Crippen LogP contribution in [0.2, 0.25) is 0 Å². The van der Waals surface area contributed by atoms with Crippen molar-refractivity contribution in [3.63, 3.8) is 0 Å². The Labute approximate surface area is 154 Å². The number of hydrogen-bond acceptors (Lipinski definition) is 5. The first-order chi connectivity index (χ1) is 12.7. The number of pyridine rings is 1. The number of amides is 1. The lowest BCUT2D eigenvalue weighted by molar-refractivity contribution is -0.116. The third kappa shape index (κ3) is 5.95. The summed E-state index contributed by atoms with van der Waals surface area (Å²) >= 11 is 0. The highest BCUT2D eigenvalue weighted by Gasteiger charge is 2.05. The van der Waals surface area contributed by atoms with Gasteiger partial charge in [-0.25, -0.2) is 4.98 Å². The van der Waals surface area contributed by atoms with Gasteiger partial charge >= 0.3 is 0 Å². The van der Waals surface area contributed by atoms with Gasteiger partial charge in [-0.15, -0.1) is 0 Å². The minimum atomic E-state index is 0.00788. The van der Waals surface area contributed by atoms with E-state index in [1.165, 1.54) is 0 Å². The maximum atomic E-state index is 11.7. The lowest BCUT2D eigenvalue weighted by Crippen LogP contribution is -2.12. The van der Waals surface area contributed by atoms with E-state index >= 15 is 0 Å². The molecular weight excluding hydrogens is 330 g/mol. The lowest BCUT2D eigenvalue weighted by atomic mass is 10.1. The first kappa shape index (κ1) is 19.6. The normalized spacial score (nSPS) is 10.3. The second-order valence-electron chi connectivity index (χ2n) is 5.95. The van der Waals surface area contributed by atoms with E-state index in [-0.39, 0.29) is 5.91 Å². The van der Waals surface area contributed by atoms with E-state index in [2.05, 4.69) is 22.5 Å². The van der Waals surface area contributed by atoms with Crippen molar-refractivity contribution in [2.75, 3.05) is 31.4 Å². The van der Waals surface area contributed by atoms with Gasteiger partial charge in [0.1, 0.15) is 5.82 Å². The lowest BCUT2D eigenvalue weighted by Gasteiger charge is -2.11. The third-order valence-corrected chi connectivity index (χ3v) is 3.98. The number of nitrogens with one attached hydrogen (secondary N) is 2. The van der Waals surface area contributed by atoms with Gasteiger partial charge in [-0.1, -0.05) is 19.4 Å². The fourth-order valence-electron chi connectivity index (χ4n) is 2.50. The Kier molecular flexibility index (Phi) is 7.74. The third-order valence-electron chi connectivity index (χ3n) is 3.98. The predicted octanol–water partition coefficient (Wildman–Crippen LogP) is 3.88. The molecular formula is C20H27N3O3. The van der Waals surface area contributed by atoms with Crippen LogP contribution in [0.3, 0.4) is 0 Å². The molecule has 26 heavy (non-hydrogen) atoms. The molecule has 0 aliphatic carbocycles. The molecule has 0 fully saturated rings. The molecule has 0 atom stereocenters. The molecule has 0 aliphatic rings. The zero-order valence-electron chi connectivity index (χ0n) is 15.7. The minimum absolute atomic E-state index is 0.00788. The molecule has 2 N–H and O–H groups in total. The number of anilines is 2. The topological polar surface area (TPSA) is 72.5 Å². The van der Waals surface area contributed by atoms with Gasteiger partial charge in [-0.2, -0.15) is 0 Å². The van der Waals surface area contributed by atoms with Gasteiger partial charge in [-0.05, 0) is 42.7 Å². The Morgan fingerprint density at radius 3 is 2.58 bits per heavy atom. The van der Waals surface area contributed by atoms with E-state index in [9.17, 15) is 4.79 Å². The molecule has 1 aromatic heterocycles. The number of hydrogen-bond donors (Lipinski definition) is 2. The number of nitrogens with zero attached hydrogens (tertiary/aromatic N) is 1. The molecule has 140 valence electrons. The Morgan fingerprint density at radius 1 is 1.12 bits per heavy atom. The van der Waals surface area contributed by atoms with Crippen LogP contribution in [-0.4, -0.2) is 31.7 Å². The summed E-state index contributed by atoms with van der Waals surface area (Å²) in [6, 6.07) is 9.63. The fraction of sp³-hybridized carbons (Fsp3) is 0.400. The van der Waals surface area contributed by atoms with Gasteiger partial charge < -0.3 is 20.1 Å². The van der Waals surface area contributed by atoms with Crippen molar-refractivity contribution < 1.29 is 14.3 Å². The molecule has 0 spiro atoms. The van der Waals surface area contributed by atoms with Crippen LogP contribution in [0.1, 0.15) is 31.7 Å². The molecule has 1 aromatic carbocycles. The van der Waals surface area contributed by atoms with Gasteiger partial charge in [-0.3, -0.25) is 4.79 Å². The van der Waals surface area contributed by atoms with E-state index in [0.29, 0.717) is 12.2 Å². The zero-order chi connectivity index (χ0) is 18.8. The molecule has 0 saturated carbocycles. The number of aromatic nitrogens is 1. The summed E-state index contributed by atoms with van der Waals surface area (Å²) in [5, 5.41) is 6.13. The van der Waals surface area contributed by atoms with Crippen LogP contribution in [0.25, 0.3) is 0 Å². The summed E-state index contributed by atoms with van der Waals surface area (Å²) in [4.78, 5) is 16.0. The van der Waals surface area contributed by atoms with E-state index in [4.69, 9.17) is 9.47 Å². The summed E-state index contributed by atoms with van der Waals surface area (Å²) < 4.78 is 10.6. The van der Waals surface area contributed by atoms with E-state index < -0.39 is 0 Å². The summed E-state index contributed by atoms with van der Waals surface area (Å²) in [6.45, 7) is 2.83. The molecule has 2 rings (SSSR count). The molecule has 0 aliphatic heterocycles. The maximum Gasteiger partial charge on any atom is 0.225 e. The standard InChI is InChI=1S/C20H27N3O3/c1-4-5-6-20(24)23-19-10-8-16(14-22-19)21-12-11-15-7-9-17(25-2)18(13-15)26-3/h7-10,13-14,21H,4-6,11-12H2,1-3H3,(H,22,23,24). The maximum absolute atomic E-state index is 11.7. The van der Waals surface area contributed by atoms with Crippen LogP contribution in [0.5, 0.6) is 11.5 Å². The van der Waals surface area contributed by atoms with Gasteiger partial charge in [0.2, 0.25) is 5.91 Å². The molecule has 2 aromatic rings. The summed E-state index contributed by atoms with van der Waals surface area (Å²) in [6.07, 6.45) is 4.99. The number of carbonyl (C=O) groups excluding carboxylic acids is 1. The Hall–Kier alpha value is -2.76. The van der Waals surface area contributed by atoms with Crippen molar-refractivity contribution in [1.29, 1.82) is 0 Å². The van der Waals surface area contributed by atoms with Crippen molar-refractivity contribution in [1.82, 2.24) is 4.98 Å². The Balaban J connectivity index is 1.82. The van der Waals surface area contributed by atoms with Crippen molar-refractivity contribution >= 4 is 17.4 Å². The predicted molar refractivity (Wildman–Crippen MR) is 104 cm³/mol. The Morgan fingerprint density at radius 2 is 1.92 bits per heavy atom. The van der Waals surface area contributed by atoms with Crippen LogP contribution in [-0.2, 0) is 11.2 Å². The quantitative estimate of drug-likeness (QED) is 0.675. The second kappa shape index (κ2) is 10.3. The SMILES string of the molecule is CCCCC(=O)Nc1ccc(NCCc2ccc(OC)c(OC)c2)cn1. The van der Waals surface area contributed by atoms with E-state index in [1.807, 2.05) is 30.3 Å². The van der Waals surface area contributed by atoms with Crippen LogP contribution < -0.4 is 20.1 Å². The monoisotopic (exact) mass is 357 g/mol. The Bertz CT molecular complexity index is 702. The zero-order valence-corrected chi connectivity index (χ0v) is 15.7. The van der Waals surface area contributed by atoms with Crippen molar-refractivity contribution in [2.24, 2.45) is 0 Å². The van der Waals surface area contributed by atoms with Gasteiger partial charge in [0, 0.05) is 13.0 Å². The number of benzene rings is 1. The second-order valence-corrected chi connectivity index (χ2v) is 5.95. The molecule has 0 saturated heterocycles. The van der Waals surface area contributed by atoms with Gasteiger partial charge in [0.15, 0.2) is 11.5 Å². The van der Waals surface area contributed by atoms with Crippen molar-refractivity contribution in [2.45, 2.75) is 32.6 Å². The molecule has 1 amide bonds. The summed E-state index contributed by atoms with van der Waals surface area (Å²) in [5.74, 6) is 2.05. The molecule has 0 unspecified atom stereocenters. The van der Waals surface area contributed by atoms with E-state index in [1.54, 1.807) is 20.4 Å². The number of ether oxygens (including phenoxy) is 2. The highest BCUT2D eigenvalue weighted by Crippen LogP contribution is 2.27. The highest BCUT2D eigenvalue weighted by atomic mass is 16.5. The van der Waals surface area contributed by atoms with Gasteiger partial charge in [0.25, 0.3) is 0 Å². The van der Waals surface area contributed by atoms with Crippen LogP contribution in [0, 0.1) is 0 Å². The molecule has 1 heterocycles. The van der Waals surface area contributed by atoms with Crippen molar-refractivity contribution in [3.8, 4) is 11.5 Å².